The number of ketones is 1. The number of hydrogen-bond donors (Lipinski definition) is 2. The summed E-state index contributed by atoms with van der Waals surface area (Å²) >= 11 is 0. The van der Waals surface area contributed by atoms with E-state index in [4.69, 9.17) is 4.74 Å². The molecule has 162 valence electrons. The number of nitrogens with one attached hydrogen (secondary N) is 2. The smallest absolute Gasteiger partial charge is 0.338 e. The lowest BCUT2D eigenvalue weighted by atomic mass is 10.1. The molecule has 0 aliphatic heterocycles. The number of hydrogen-bond acceptors (Lipinski definition) is 5. The first-order valence-corrected chi connectivity index (χ1v) is 10.3. The van der Waals surface area contributed by atoms with E-state index in [0.717, 1.165) is 12.8 Å². The van der Waals surface area contributed by atoms with E-state index in [1.165, 1.54) is 0 Å². The minimum absolute atomic E-state index is 0.00794. The van der Waals surface area contributed by atoms with Gasteiger partial charge in [-0.1, -0.05) is 13.8 Å². The summed E-state index contributed by atoms with van der Waals surface area (Å²) in [7, 11) is 0. The molecule has 0 saturated heterocycles. The summed E-state index contributed by atoms with van der Waals surface area (Å²) < 4.78 is 5.11. The summed E-state index contributed by atoms with van der Waals surface area (Å²) in [5, 5.41) is 5.57. The molecule has 3 rings (SSSR count). The molecule has 2 N–H and O–H groups in total. The van der Waals surface area contributed by atoms with Gasteiger partial charge >= 0.3 is 5.97 Å². The van der Waals surface area contributed by atoms with Crippen molar-refractivity contribution >= 4 is 34.9 Å². The summed E-state index contributed by atoms with van der Waals surface area (Å²) in [5.41, 5.74) is 1.89. The van der Waals surface area contributed by atoms with Crippen molar-refractivity contribution in [3.63, 3.8) is 0 Å². The number of ether oxygens (including phenoxy) is 1. The van der Waals surface area contributed by atoms with Crippen LogP contribution in [0.2, 0.25) is 0 Å². The average molecular weight is 422 g/mol. The van der Waals surface area contributed by atoms with E-state index >= 15 is 0 Å². The Balaban J connectivity index is 1.47. The van der Waals surface area contributed by atoms with E-state index in [0.29, 0.717) is 28.9 Å². The highest BCUT2D eigenvalue weighted by atomic mass is 16.5. The highest BCUT2D eigenvalue weighted by molar-refractivity contribution is 6.00. The number of carbonyl (C=O) groups excluding carboxylic acids is 4. The number of esters is 1. The molecule has 2 aromatic carbocycles. The number of anilines is 2. The molecule has 1 fully saturated rings. The molecule has 0 heterocycles. The lowest BCUT2D eigenvalue weighted by molar-refractivity contribution is -0.117. The Bertz CT molecular complexity index is 960. The molecule has 0 bridgehead atoms. The highest BCUT2D eigenvalue weighted by Gasteiger charge is 2.29. The number of carbonyl (C=O) groups is 4. The Labute approximate surface area is 181 Å². The third kappa shape index (κ3) is 6.77. The van der Waals surface area contributed by atoms with Gasteiger partial charge in [-0.15, -0.1) is 0 Å². The van der Waals surface area contributed by atoms with Gasteiger partial charge in [-0.3, -0.25) is 14.4 Å². The van der Waals surface area contributed by atoms with Gasteiger partial charge in [0.25, 0.3) is 0 Å². The van der Waals surface area contributed by atoms with Crippen molar-refractivity contribution in [2.45, 2.75) is 33.1 Å². The van der Waals surface area contributed by atoms with Crippen LogP contribution >= 0.6 is 0 Å². The normalized spacial score (nSPS) is 12.9. The van der Waals surface area contributed by atoms with Gasteiger partial charge in [-0.05, 0) is 67.3 Å². The van der Waals surface area contributed by atoms with Crippen LogP contribution in [-0.2, 0) is 14.3 Å². The Hall–Kier alpha value is -3.48. The monoisotopic (exact) mass is 422 g/mol. The lowest BCUT2D eigenvalue weighted by Crippen LogP contribution is -2.16. The van der Waals surface area contributed by atoms with Crippen molar-refractivity contribution in [2.75, 3.05) is 17.2 Å². The molecule has 7 nitrogen and oxygen atoms in total. The minimum atomic E-state index is -0.619. The Morgan fingerprint density at radius 1 is 0.871 bits per heavy atom. The quantitative estimate of drug-likeness (QED) is 0.469. The maximum Gasteiger partial charge on any atom is 0.338 e. The molecule has 2 aromatic rings. The predicted molar refractivity (Wildman–Crippen MR) is 117 cm³/mol. The van der Waals surface area contributed by atoms with E-state index in [1.807, 2.05) is 13.8 Å². The molecule has 2 amide bonds. The maximum atomic E-state index is 12.3. The van der Waals surface area contributed by atoms with Crippen LogP contribution in [0.25, 0.3) is 0 Å². The van der Waals surface area contributed by atoms with E-state index in [1.54, 1.807) is 48.5 Å². The molecular formula is C24H26N2O5. The van der Waals surface area contributed by atoms with Crippen LogP contribution in [0.15, 0.2) is 48.5 Å². The van der Waals surface area contributed by atoms with Gasteiger partial charge in [0, 0.05) is 29.3 Å². The zero-order chi connectivity index (χ0) is 22.4. The molecule has 31 heavy (non-hydrogen) atoms. The SMILES string of the molecule is CC(C)CC(=O)Nc1ccc(C(=O)COC(=O)c2ccc(NC(=O)C3CC3)cc2)cc1. The van der Waals surface area contributed by atoms with Crippen LogP contribution in [-0.4, -0.2) is 30.2 Å². The van der Waals surface area contributed by atoms with Gasteiger partial charge < -0.3 is 15.4 Å². The molecule has 7 heteroatoms. The lowest BCUT2D eigenvalue weighted by Gasteiger charge is -2.08. The zero-order valence-electron chi connectivity index (χ0n) is 17.6. The second-order valence-corrected chi connectivity index (χ2v) is 8.06. The van der Waals surface area contributed by atoms with Crippen molar-refractivity contribution < 1.29 is 23.9 Å². The Morgan fingerprint density at radius 3 is 1.97 bits per heavy atom. The van der Waals surface area contributed by atoms with E-state index in [2.05, 4.69) is 10.6 Å². The molecule has 0 unspecified atom stereocenters. The fourth-order valence-electron chi connectivity index (χ4n) is 2.90. The minimum Gasteiger partial charge on any atom is -0.454 e. The number of amides is 2. The van der Waals surface area contributed by atoms with Crippen LogP contribution in [0.5, 0.6) is 0 Å². The summed E-state index contributed by atoms with van der Waals surface area (Å²) in [5.74, 6) is -0.700. The second kappa shape index (κ2) is 10.0. The van der Waals surface area contributed by atoms with Gasteiger partial charge in [0.2, 0.25) is 11.8 Å². The summed E-state index contributed by atoms with van der Waals surface area (Å²) in [6.45, 7) is 3.53. The number of benzene rings is 2. The van der Waals surface area contributed by atoms with Crippen LogP contribution in [0, 0.1) is 11.8 Å². The largest absolute Gasteiger partial charge is 0.454 e. The summed E-state index contributed by atoms with van der Waals surface area (Å²) in [6, 6.07) is 12.8. The topological polar surface area (TPSA) is 102 Å². The predicted octanol–water partition coefficient (Wildman–Crippen LogP) is 4.06. The van der Waals surface area contributed by atoms with Crippen LogP contribution in [0.3, 0.4) is 0 Å². The van der Waals surface area contributed by atoms with Gasteiger partial charge in [0.15, 0.2) is 12.4 Å². The number of Topliss-reactive ketones (excluding diaryl/α,β-unsaturated/α-hetero) is 1. The highest BCUT2D eigenvalue weighted by Crippen LogP contribution is 2.30. The third-order valence-electron chi connectivity index (χ3n) is 4.75. The van der Waals surface area contributed by atoms with Crippen molar-refractivity contribution in [3.05, 3.63) is 59.7 Å². The fraction of sp³-hybridized carbons (Fsp3) is 0.333. The van der Waals surface area contributed by atoms with Crippen molar-refractivity contribution in [1.29, 1.82) is 0 Å². The van der Waals surface area contributed by atoms with Crippen molar-refractivity contribution in [1.82, 2.24) is 0 Å². The summed E-state index contributed by atoms with van der Waals surface area (Å²) in [4.78, 5) is 48.0. The Kier molecular flexibility index (Phi) is 7.18. The molecular weight excluding hydrogens is 396 g/mol. The Morgan fingerprint density at radius 2 is 1.42 bits per heavy atom. The molecule has 1 saturated carbocycles. The average Bonchev–Trinajstić information content (AvgIpc) is 3.58. The molecule has 0 spiro atoms. The molecule has 1 aliphatic carbocycles. The molecule has 1 aliphatic rings. The van der Waals surface area contributed by atoms with Crippen molar-refractivity contribution in [2.24, 2.45) is 11.8 Å². The van der Waals surface area contributed by atoms with Crippen LogP contribution in [0.4, 0.5) is 11.4 Å². The first-order valence-electron chi connectivity index (χ1n) is 10.3. The first-order chi connectivity index (χ1) is 14.8. The first kappa shape index (κ1) is 22.2. The maximum absolute atomic E-state index is 12.3. The fourth-order valence-corrected chi connectivity index (χ4v) is 2.90. The third-order valence-corrected chi connectivity index (χ3v) is 4.75. The standard InChI is InChI=1S/C24H26N2O5/c1-15(2)13-22(28)25-19-9-5-16(6-10-19)21(27)14-31-24(30)18-7-11-20(12-8-18)26-23(29)17-3-4-17/h5-12,15,17H,3-4,13-14H2,1-2H3,(H,25,28)(H,26,29). The molecule has 0 aromatic heterocycles. The van der Waals surface area contributed by atoms with Crippen LogP contribution in [0.1, 0.15) is 53.8 Å². The zero-order valence-corrected chi connectivity index (χ0v) is 17.6. The number of rotatable bonds is 9. The van der Waals surface area contributed by atoms with Crippen LogP contribution < -0.4 is 10.6 Å². The molecule has 0 radical (unpaired) electrons. The van der Waals surface area contributed by atoms with Gasteiger partial charge in [0.1, 0.15) is 0 Å². The van der Waals surface area contributed by atoms with E-state index < -0.39 is 12.6 Å². The van der Waals surface area contributed by atoms with E-state index in [-0.39, 0.29) is 29.4 Å². The second-order valence-electron chi connectivity index (χ2n) is 8.06. The van der Waals surface area contributed by atoms with Gasteiger partial charge in [-0.25, -0.2) is 4.79 Å². The van der Waals surface area contributed by atoms with E-state index in [9.17, 15) is 19.2 Å². The molecule has 0 atom stereocenters. The van der Waals surface area contributed by atoms with Gasteiger partial charge in [0.05, 0.1) is 5.56 Å². The summed E-state index contributed by atoms with van der Waals surface area (Å²) in [6.07, 6.45) is 2.25. The van der Waals surface area contributed by atoms with Gasteiger partial charge in [-0.2, -0.15) is 0 Å². The van der Waals surface area contributed by atoms with Crippen molar-refractivity contribution in [3.8, 4) is 0 Å².